The van der Waals surface area contributed by atoms with Gasteiger partial charge in [0, 0.05) is 5.75 Å². The van der Waals surface area contributed by atoms with E-state index >= 15 is 0 Å². The highest BCUT2D eigenvalue weighted by Gasteiger charge is 2.40. The van der Waals surface area contributed by atoms with Crippen LogP contribution in [0.2, 0.25) is 5.02 Å². The number of hydrogen-bond donors (Lipinski definition) is 1. The Morgan fingerprint density at radius 3 is 2.29 bits per heavy atom. The molecule has 2 aromatic rings. The molecule has 0 radical (unpaired) electrons. The summed E-state index contributed by atoms with van der Waals surface area (Å²) in [5.74, 6) is -0.480. The third-order valence-electron chi connectivity index (χ3n) is 3.53. The maximum Gasteiger partial charge on any atom is 0.272 e. The molecule has 6 heteroatoms. The second-order valence-electron chi connectivity index (χ2n) is 5.04. The Kier molecular flexibility index (Phi) is 5.04. The highest BCUT2D eigenvalue weighted by atomic mass is 35.5. The number of anilines is 1. The van der Waals surface area contributed by atoms with Gasteiger partial charge in [0.05, 0.1) is 27.8 Å². The van der Waals surface area contributed by atoms with Crippen molar-refractivity contribution in [3.8, 4) is 0 Å². The average molecular weight is 360 g/mol. The van der Waals surface area contributed by atoms with Gasteiger partial charge in [-0.1, -0.05) is 54.1 Å². The van der Waals surface area contributed by atoms with Crippen molar-refractivity contribution < 1.29 is 14.7 Å². The molecule has 3 rings (SSSR count). The molecule has 1 aliphatic rings. The van der Waals surface area contributed by atoms with E-state index in [9.17, 15) is 9.59 Å². The van der Waals surface area contributed by atoms with Crippen molar-refractivity contribution in [2.75, 3.05) is 17.3 Å². The van der Waals surface area contributed by atoms with Gasteiger partial charge in [-0.15, -0.1) is 11.8 Å². The molecule has 0 aliphatic carbocycles. The van der Waals surface area contributed by atoms with Crippen LogP contribution in [0.1, 0.15) is 5.56 Å². The number of imide groups is 1. The third kappa shape index (κ3) is 2.98. The van der Waals surface area contributed by atoms with Crippen LogP contribution in [0.3, 0.4) is 0 Å². The van der Waals surface area contributed by atoms with Crippen LogP contribution < -0.4 is 4.90 Å². The molecule has 1 N–H and O–H groups in total. The fourth-order valence-electron chi connectivity index (χ4n) is 2.50. The normalized spacial score (nSPS) is 14.7. The number of benzene rings is 2. The van der Waals surface area contributed by atoms with Crippen LogP contribution in [0, 0.1) is 0 Å². The number of hydrogen-bond acceptors (Lipinski definition) is 4. The first-order valence-corrected chi connectivity index (χ1v) is 8.68. The fraction of sp³-hybridized carbons (Fsp3) is 0.111. The summed E-state index contributed by atoms with van der Waals surface area (Å²) in [4.78, 5) is 27.2. The van der Waals surface area contributed by atoms with Crippen molar-refractivity contribution in [2.24, 2.45) is 0 Å². The number of nitrogens with zero attached hydrogens (tertiary/aromatic N) is 1. The lowest BCUT2D eigenvalue weighted by atomic mass is 10.1. The Morgan fingerprint density at radius 2 is 1.62 bits per heavy atom. The standard InChI is InChI=1S/C18H14ClNO3S/c19-13-8-4-5-9-14(13)20-17(22)15(12-6-2-1-3-7-12)16(18(20)23)24-11-10-21/h1-9,21H,10-11H2. The van der Waals surface area contributed by atoms with E-state index in [1.165, 1.54) is 11.8 Å². The maximum absolute atomic E-state index is 13.0. The number of carbonyl (C=O) groups excluding carboxylic acids is 2. The van der Waals surface area contributed by atoms with Gasteiger partial charge in [0.1, 0.15) is 0 Å². The van der Waals surface area contributed by atoms with Gasteiger partial charge >= 0.3 is 0 Å². The number of rotatable bonds is 5. The highest BCUT2D eigenvalue weighted by Crippen LogP contribution is 2.40. The number of para-hydroxylation sites is 1. The van der Waals surface area contributed by atoms with Crippen LogP contribution >= 0.6 is 23.4 Å². The summed E-state index contributed by atoms with van der Waals surface area (Å²) in [7, 11) is 0. The second-order valence-corrected chi connectivity index (χ2v) is 6.55. The molecular weight excluding hydrogens is 346 g/mol. The molecule has 0 saturated heterocycles. The van der Waals surface area contributed by atoms with Crippen molar-refractivity contribution >= 4 is 46.4 Å². The first-order valence-electron chi connectivity index (χ1n) is 7.32. The molecule has 0 aromatic heterocycles. The van der Waals surface area contributed by atoms with Gasteiger partial charge in [-0.2, -0.15) is 0 Å². The van der Waals surface area contributed by atoms with Crippen molar-refractivity contribution in [2.45, 2.75) is 0 Å². The van der Waals surface area contributed by atoms with Gasteiger partial charge in [0.25, 0.3) is 11.8 Å². The molecule has 122 valence electrons. The Labute approximate surface area is 148 Å². The lowest BCUT2D eigenvalue weighted by Gasteiger charge is -2.16. The van der Waals surface area contributed by atoms with E-state index in [-0.39, 0.29) is 6.61 Å². The van der Waals surface area contributed by atoms with Gasteiger partial charge in [0.15, 0.2) is 0 Å². The van der Waals surface area contributed by atoms with Crippen LogP contribution in [-0.4, -0.2) is 29.3 Å². The minimum atomic E-state index is -0.412. The Morgan fingerprint density at radius 1 is 0.958 bits per heavy atom. The number of thioether (sulfide) groups is 1. The molecule has 0 unspecified atom stereocenters. The maximum atomic E-state index is 13.0. The number of aliphatic hydroxyl groups excluding tert-OH is 1. The van der Waals surface area contributed by atoms with Crippen LogP contribution in [-0.2, 0) is 9.59 Å². The van der Waals surface area contributed by atoms with E-state index in [1.54, 1.807) is 36.4 Å². The number of aliphatic hydroxyl groups is 1. The van der Waals surface area contributed by atoms with Gasteiger partial charge in [-0.25, -0.2) is 4.90 Å². The summed E-state index contributed by atoms with van der Waals surface area (Å²) in [5, 5.41) is 9.42. The zero-order valence-electron chi connectivity index (χ0n) is 12.6. The third-order valence-corrected chi connectivity index (χ3v) is 4.91. The Balaban J connectivity index is 2.09. The van der Waals surface area contributed by atoms with Crippen molar-refractivity contribution in [3.63, 3.8) is 0 Å². The summed E-state index contributed by atoms with van der Waals surface area (Å²) in [6, 6.07) is 15.8. The van der Waals surface area contributed by atoms with Gasteiger partial charge < -0.3 is 5.11 Å². The first kappa shape index (κ1) is 16.8. The molecule has 0 spiro atoms. The summed E-state index contributed by atoms with van der Waals surface area (Å²) >= 11 is 7.35. The predicted molar refractivity (Wildman–Crippen MR) is 96.9 cm³/mol. The van der Waals surface area contributed by atoms with E-state index in [2.05, 4.69) is 0 Å². The van der Waals surface area contributed by atoms with E-state index < -0.39 is 11.8 Å². The first-order chi connectivity index (χ1) is 11.6. The SMILES string of the molecule is O=C1C(SCCO)=C(c2ccccc2)C(=O)N1c1ccccc1Cl. The minimum Gasteiger partial charge on any atom is -0.396 e. The van der Waals surface area contributed by atoms with Gasteiger partial charge in [0.2, 0.25) is 0 Å². The zero-order chi connectivity index (χ0) is 17.1. The van der Waals surface area contributed by atoms with E-state index in [4.69, 9.17) is 16.7 Å². The Hall–Kier alpha value is -2.08. The molecule has 0 saturated carbocycles. The average Bonchev–Trinajstić information content (AvgIpc) is 2.84. The van der Waals surface area contributed by atoms with Crippen molar-refractivity contribution in [1.82, 2.24) is 0 Å². The predicted octanol–water partition coefficient (Wildman–Crippen LogP) is 3.35. The minimum absolute atomic E-state index is 0.0796. The van der Waals surface area contributed by atoms with E-state index in [0.29, 0.717) is 32.5 Å². The molecule has 0 bridgehead atoms. The summed E-state index contributed by atoms with van der Waals surface area (Å²) in [5.41, 5.74) is 1.38. The lowest BCUT2D eigenvalue weighted by molar-refractivity contribution is -0.119. The fourth-order valence-corrected chi connectivity index (χ4v) is 3.58. The van der Waals surface area contributed by atoms with Gasteiger partial charge in [-0.05, 0) is 17.7 Å². The zero-order valence-corrected chi connectivity index (χ0v) is 14.2. The molecule has 24 heavy (non-hydrogen) atoms. The smallest absolute Gasteiger partial charge is 0.272 e. The summed E-state index contributed by atoms with van der Waals surface area (Å²) in [6.45, 7) is -0.0796. The molecule has 1 heterocycles. The molecule has 0 fully saturated rings. The van der Waals surface area contributed by atoms with Gasteiger partial charge in [-0.3, -0.25) is 9.59 Å². The lowest BCUT2D eigenvalue weighted by Crippen LogP contribution is -2.31. The molecule has 2 amide bonds. The summed E-state index contributed by atoms with van der Waals surface area (Å²) in [6.07, 6.45) is 0. The highest BCUT2D eigenvalue weighted by molar-refractivity contribution is 8.04. The monoisotopic (exact) mass is 359 g/mol. The topological polar surface area (TPSA) is 57.6 Å². The van der Waals surface area contributed by atoms with Crippen LogP contribution in [0.4, 0.5) is 5.69 Å². The molecule has 2 aromatic carbocycles. The number of amides is 2. The quantitative estimate of drug-likeness (QED) is 0.832. The van der Waals surface area contributed by atoms with Crippen molar-refractivity contribution in [1.29, 1.82) is 0 Å². The van der Waals surface area contributed by atoms with Crippen LogP contribution in [0.5, 0.6) is 0 Å². The Bertz CT molecular complexity index is 820. The second kappa shape index (κ2) is 7.21. The van der Waals surface area contributed by atoms with Crippen molar-refractivity contribution in [3.05, 3.63) is 70.1 Å². The van der Waals surface area contributed by atoms with E-state index in [0.717, 1.165) is 4.90 Å². The largest absolute Gasteiger partial charge is 0.396 e. The molecule has 0 atom stereocenters. The molecular formula is C18H14ClNO3S. The van der Waals surface area contributed by atoms with Crippen LogP contribution in [0.15, 0.2) is 59.5 Å². The van der Waals surface area contributed by atoms with Crippen LogP contribution in [0.25, 0.3) is 5.57 Å². The molecule has 4 nitrogen and oxygen atoms in total. The molecule has 1 aliphatic heterocycles. The number of halogens is 1. The summed E-state index contributed by atoms with van der Waals surface area (Å²) < 4.78 is 0. The number of carbonyl (C=O) groups is 2. The van der Waals surface area contributed by atoms with E-state index in [1.807, 2.05) is 18.2 Å².